The summed E-state index contributed by atoms with van der Waals surface area (Å²) < 4.78 is 0. The summed E-state index contributed by atoms with van der Waals surface area (Å²) in [4.78, 5) is 4.95. The van der Waals surface area contributed by atoms with Gasteiger partial charge in [-0.15, -0.1) is 0 Å². The summed E-state index contributed by atoms with van der Waals surface area (Å²) in [5, 5.41) is 7.30. The quantitative estimate of drug-likeness (QED) is 0.395. The van der Waals surface area contributed by atoms with Crippen molar-refractivity contribution in [2.24, 2.45) is 0 Å². The molecule has 0 fully saturated rings. The zero-order valence-electron chi connectivity index (χ0n) is 20.2. The molecule has 3 rings (SSSR count). The fourth-order valence-corrected chi connectivity index (χ4v) is 4.37. The van der Waals surface area contributed by atoms with Gasteiger partial charge in [0.1, 0.15) is 11.6 Å². The van der Waals surface area contributed by atoms with E-state index >= 15 is 0 Å². The topological polar surface area (TPSA) is 37.0 Å². The van der Waals surface area contributed by atoms with E-state index in [0.717, 1.165) is 37.3 Å². The second-order valence-corrected chi connectivity index (χ2v) is 8.50. The molecule has 3 nitrogen and oxygen atoms in total. The van der Waals surface area contributed by atoms with Gasteiger partial charge in [-0.25, -0.2) is 4.98 Å². The van der Waals surface area contributed by atoms with Crippen molar-refractivity contribution in [1.29, 1.82) is 0 Å². The Morgan fingerprint density at radius 3 is 1.10 bits per heavy atom. The van der Waals surface area contributed by atoms with Gasteiger partial charge in [0.2, 0.25) is 0 Å². The third-order valence-corrected chi connectivity index (χ3v) is 5.89. The van der Waals surface area contributed by atoms with E-state index in [0.29, 0.717) is 0 Å². The van der Waals surface area contributed by atoms with Crippen molar-refractivity contribution in [1.82, 2.24) is 4.98 Å². The van der Waals surface area contributed by atoms with Gasteiger partial charge in [0.25, 0.3) is 0 Å². The summed E-state index contributed by atoms with van der Waals surface area (Å²) in [6.45, 7) is 15.3. The predicted molar refractivity (Wildman–Crippen MR) is 135 cm³/mol. The monoisotopic (exact) mass is 415 g/mol. The van der Waals surface area contributed by atoms with Crippen molar-refractivity contribution in [3.05, 3.63) is 75.3 Å². The van der Waals surface area contributed by atoms with E-state index in [4.69, 9.17) is 4.98 Å². The van der Waals surface area contributed by atoms with Crippen LogP contribution in [0.15, 0.2) is 36.4 Å². The standard InChI is InChI=1S/C28H37N3/c1-8-21-12-18(5)13-22(9-2)27(21)30-25-16-20(7)17-26(29-25)31-28-23(10-3)14-19(6)15-24(28)11-4/h12-17H,8-11H2,1-7H3,(H2,29,30,31). The lowest BCUT2D eigenvalue weighted by Crippen LogP contribution is -2.06. The molecule has 0 saturated carbocycles. The number of rotatable bonds is 8. The molecule has 2 aromatic carbocycles. The second kappa shape index (κ2) is 10.00. The van der Waals surface area contributed by atoms with Crippen LogP contribution in [0.4, 0.5) is 23.0 Å². The fraction of sp³-hybridized carbons (Fsp3) is 0.393. The maximum absolute atomic E-state index is 4.95. The highest BCUT2D eigenvalue weighted by Gasteiger charge is 2.12. The largest absolute Gasteiger partial charge is 0.340 e. The minimum Gasteiger partial charge on any atom is -0.340 e. The first-order valence-electron chi connectivity index (χ1n) is 11.7. The number of anilines is 4. The second-order valence-electron chi connectivity index (χ2n) is 8.50. The first-order chi connectivity index (χ1) is 14.9. The van der Waals surface area contributed by atoms with Gasteiger partial charge >= 0.3 is 0 Å². The number of aryl methyl sites for hydroxylation is 7. The minimum atomic E-state index is 0.888. The Morgan fingerprint density at radius 2 is 0.806 bits per heavy atom. The summed E-state index contributed by atoms with van der Waals surface area (Å²) in [6.07, 6.45) is 3.99. The molecule has 31 heavy (non-hydrogen) atoms. The first-order valence-corrected chi connectivity index (χ1v) is 11.7. The minimum absolute atomic E-state index is 0.888. The van der Waals surface area contributed by atoms with Crippen molar-refractivity contribution in [3.8, 4) is 0 Å². The van der Waals surface area contributed by atoms with E-state index in [1.54, 1.807) is 0 Å². The molecule has 0 unspecified atom stereocenters. The highest BCUT2D eigenvalue weighted by molar-refractivity contribution is 5.70. The third-order valence-electron chi connectivity index (χ3n) is 5.89. The number of benzene rings is 2. The molecular formula is C28H37N3. The van der Waals surface area contributed by atoms with Crippen LogP contribution >= 0.6 is 0 Å². The molecule has 1 heterocycles. The van der Waals surface area contributed by atoms with Crippen molar-refractivity contribution in [2.45, 2.75) is 74.1 Å². The molecule has 0 bridgehead atoms. The Hall–Kier alpha value is -2.81. The van der Waals surface area contributed by atoms with E-state index in [1.165, 1.54) is 50.3 Å². The number of hydrogen-bond donors (Lipinski definition) is 2. The molecule has 0 aliphatic heterocycles. The van der Waals surface area contributed by atoms with E-state index in [1.807, 2.05) is 0 Å². The van der Waals surface area contributed by atoms with Gasteiger partial charge in [0, 0.05) is 11.4 Å². The molecular weight excluding hydrogens is 378 g/mol. The van der Waals surface area contributed by atoms with Crippen molar-refractivity contribution < 1.29 is 0 Å². The van der Waals surface area contributed by atoms with E-state index in [-0.39, 0.29) is 0 Å². The van der Waals surface area contributed by atoms with Gasteiger partial charge in [-0.05, 0) is 86.4 Å². The van der Waals surface area contributed by atoms with Crippen LogP contribution in [0.25, 0.3) is 0 Å². The van der Waals surface area contributed by atoms with Gasteiger partial charge < -0.3 is 10.6 Å². The van der Waals surface area contributed by atoms with Crippen molar-refractivity contribution >= 4 is 23.0 Å². The Balaban J connectivity index is 2.00. The zero-order chi connectivity index (χ0) is 22.5. The molecule has 3 heteroatoms. The van der Waals surface area contributed by atoms with Crippen LogP contribution in [-0.4, -0.2) is 4.98 Å². The number of hydrogen-bond acceptors (Lipinski definition) is 3. The third kappa shape index (κ3) is 5.28. The smallest absolute Gasteiger partial charge is 0.133 e. The SMILES string of the molecule is CCc1cc(C)cc(CC)c1Nc1cc(C)cc(Nc2c(CC)cc(C)cc2CC)n1. The Labute approximate surface area is 188 Å². The number of nitrogens with zero attached hydrogens (tertiary/aromatic N) is 1. The maximum Gasteiger partial charge on any atom is 0.133 e. The van der Waals surface area contributed by atoms with Gasteiger partial charge in [-0.3, -0.25) is 0 Å². The van der Waals surface area contributed by atoms with Crippen LogP contribution < -0.4 is 10.6 Å². The van der Waals surface area contributed by atoms with Crippen molar-refractivity contribution in [2.75, 3.05) is 10.6 Å². The number of pyridine rings is 1. The number of aromatic nitrogens is 1. The van der Waals surface area contributed by atoms with Gasteiger partial charge in [0.15, 0.2) is 0 Å². The van der Waals surface area contributed by atoms with Crippen LogP contribution in [0.3, 0.4) is 0 Å². The normalized spacial score (nSPS) is 10.9. The Bertz CT molecular complexity index is 934. The van der Waals surface area contributed by atoms with Crippen molar-refractivity contribution in [3.63, 3.8) is 0 Å². The van der Waals surface area contributed by atoms with Crippen LogP contribution in [0.2, 0.25) is 0 Å². The Morgan fingerprint density at radius 1 is 0.516 bits per heavy atom. The molecule has 0 aliphatic rings. The van der Waals surface area contributed by atoms with Gasteiger partial charge in [0.05, 0.1) is 0 Å². The lowest BCUT2D eigenvalue weighted by Gasteiger charge is -2.19. The molecule has 0 amide bonds. The highest BCUT2D eigenvalue weighted by atomic mass is 15.1. The lowest BCUT2D eigenvalue weighted by molar-refractivity contribution is 1.07. The van der Waals surface area contributed by atoms with E-state index < -0.39 is 0 Å². The van der Waals surface area contributed by atoms with Crippen LogP contribution in [0.1, 0.15) is 66.6 Å². The molecule has 1 aromatic heterocycles. The predicted octanol–water partition coefficient (Wildman–Crippen LogP) is 7.74. The highest BCUT2D eigenvalue weighted by Crippen LogP contribution is 2.31. The average Bonchev–Trinajstić information content (AvgIpc) is 2.74. The molecule has 0 aliphatic carbocycles. The van der Waals surface area contributed by atoms with Crippen LogP contribution in [0, 0.1) is 20.8 Å². The van der Waals surface area contributed by atoms with E-state index in [2.05, 4.69) is 95.5 Å². The summed E-state index contributed by atoms with van der Waals surface area (Å²) in [5.41, 5.74) is 11.6. The summed E-state index contributed by atoms with van der Waals surface area (Å²) >= 11 is 0. The van der Waals surface area contributed by atoms with Gasteiger partial charge in [-0.2, -0.15) is 0 Å². The maximum atomic E-state index is 4.95. The molecule has 3 aromatic rings. The van der Waals surface area contributed by atoms with Gasteiger partial charge in [-0.1, -0.05) is 63.1 Å². The molecule has 2 N–H and O–H groups in total. The summed E-state index contributed by atoms with van der Waals surface area (Å²) in [7, 11) is 0. The molecule has 0 radical (unpaired) electrons. The molecule has 0 saturated heterocycles. The zero-order valence-corrected chi connectivity index (χ0v) is 20.2. The van der Waals surface area contributed by atoms with Crippen LogP contribution in [-0.2, 0) is 25.7 Å². The molecule has 0 spiro atoms. The lowest BCUT2D eigenvalue weighted by atomic mass is 9.99. The summed E-state index contributed by atoms with van der Waals surface area (Å²) in [6, 6.07) is 13.4. The van der Waals surface area contributed by atoms with E-state index in [9.17, 15) is 0 Å². The summed E-state index contributed by atoms with van der Waals surface area (Å²) in [5.74, 6) is 1.78. The van der Waals surface area contributed by atoms with Crippen LogP contribution in [0.5, 0.6) is 0 Å². The number of nitrogens with one attached hydrogen (secondary N) is 2. The molecule has 0 atom stereocenters. The average molecular weight is 416 g/mol. The fourth-order valence-electron chi connectivity index (χ4n) is 4.37. The first kappa shape index (κ1) is 22.9. The Kier molecular flexibility index (Phi) is 7.37. The molecule has 164 valence electrons.